The SMILES string of the molecule is CC1CCCC(NCC2OCCc3ccccc32)C1. The summed E-state index contributed by atoms with van der Waals surface area (Å²) in [5.74, 6) is 0.880. The normalized spacial score (nSPS) is 30.9. The number of hydrogen-bond acceptors (Lipinski definition) is 2. The predicted octanol–water partition coefficient (Wildman–Crippen LogP) is 3.47. The van der Waals surface area contributed by atoms with Gasteiger partial charge in [-0.25, -0.2) is 0 Å². The predicted molar refractivity (Wildman–Crippen MR) is 78.3 cm³/mol. The van der Waals surface area contributed by atoms with Crippen molar-refractivity contribution in [2.75, 3.05) is 13.2 Å². The molecule has 0 aromatic heterocycles. The van der Waals surface area contributed by atoms with Crippen LogP contribution in [0.4, 0.5) is 0 Å². The highest BCUT2D eigenvalue weighted by molar-refractivity contribution is 5.31. The number of rotatable bonds is 3. The van der Waals surface area contributed by atoms with Crippen LogP contribution in [0.15, 0.2) is 24.3 Å². The average molecular weight is 259 g/mol. The number of hydrogen-bond donors (Lipinski definition) is 1. The second kappa shape index (κ2) is 6.06. The van der Waals surface area contributed by atoms with Crippen molar-refractivity contribution in [1.82, 2.24) is 5.32 Å². The summed E-state index contributed by atoms with van der Waals surface area (Å²) in [5.41, 5.74) is 2.86. The highest BCUT2D eigenvalue weighted by Crippen LogP contribution is 2.28. The van der Waals surface area contributed by atoms with Gasteiger partial charge in [0.15, 0.2) is 0 Å². The third-order valence-corrected chi connectivity index (χ3v) is 4.62. The fourth-order valence-corrected chi connectivity index (χ4v) is 3.54. The van der Waals surface area contributed by atoms with Gasteiger partial charge in [-0.2, -0.15) is 0 Å². The molecule has 0 bridgehead atoms. The largest absolute Gasteiger partial charge is 0.372 e. The summed E-state index contributed by atoms with van der Waals surface area (Å²) in [6.07, 6.45) is 6.75. The maximum absolute atomic E-state index is 5.96. The van der Waals surface area contributed by atoms with Crippen LogP contribution in [0.1, 0.15) is 49.8 Å². The van der Waals surface area contributed by atoms with E-state index in [1.165, 1.54) is 36.8 Å². The highest BCUT2D eigenvalue weighted by Gasteiger charge is 2.23. The summed E-state index contributed by atoms with van der Waals surface area (Å²) in [5, 5.41) is 3.74. The molecule has 3 unspecified atom stereocenters. The summed E-state index contributed by atoms with van der Waals surface area (Å²) >= 11 is 0. The van der Waals surface area contributed by atoms with Crippen molar-refractivity contribution >= 4 is 0 Å². The standard InChI is InChI=1S/C17H25NO/c1-13-5-4-7-15(11-13)18-12-17-16-8-3-2-6-14(16)9-10-19-17/h2-3,6,8,13,15,17-18H,4-5,7,9-12H2,1H3. The van der Waals surface area contributed by atoms with Crippen LogP contribution in [0, 0.1) is 5.92 Å². The van der Waals surface area contributed by atoms with Gasteiger partial charge in [0, 0.05) is 12.6 Å². The number of fused-ring (bicyclic) bond motifs is 1. The lowest BCUT2D eigenvalue weighted by molar-refractivity contribution is 0.0391. The fraction of sp³-hybridized carbons (Fsp3) is 0.647. The minimum Gasteiger partial charge on any atom is -0.372 e. The van der Waals surface area contributed by atoms with Crippen molar-refractivity contribution in [2.24, 2.45) is 5.92 Å². The zero-order valence-corrected chi connectivity index (χ0v) is 11.9. The van der Waals surface area contributed by atoms with E-state index in [-0.39, 0.29) is 6.10 Å². The van der Waals surface area contributed by atoms with E-state index in [2.05, 4.69) is 36.5 Å². The van der Waals surface area contributed by atoms with Gasteiger partial charge in [0.1, 0.15) is 0 Å². The number of ether oxygens (including phenoxy) is 1. The average Bonchev–Trinajstić information content (AvgIpc) is 2.45. The fourth-order valence-electron chi connectivity index (χ4n) is 3.54. The van der Waals surface area contributed by atoms with Crippen LogP contribution in [-0.4, -0.2) is 19.2 Å². The van der Waals surface area contributed by atoms with Gasteiger partial charge in [-0.05, 0) is 36.3 Å². The van der Waals surface area contributed by atoms with Crippen LogP contribution in [0.25, 0.3) is 0 Å². The minimum atomic E-state index is 0.252. The van der Waals surface area contributed by atoms with Gasteiger partial charge >= 0.3 is 0 Å². The highest BCUT2D eigenvalue weighted by atomic mass is 16.5. The first-order valence-electron chi connectivity index (χ1n) is 7.75. The molecule has 2 nitrogen and oxygen atoms in total. The molecule has 1 aromatic carbocycles. The molecular weight excluding hydrogens is 234 g/mol. The van der Waals surface area contributed by atoms with Crippen LogP contribution in [-0.2, 0) is 11.2 Å². The molecule has 3 rings (SSSR count). The Hall–Kier alpha value is -0.860. The van der Waals surface area contributed by atoms with Crippen LogP contribution in [0.5, 0.6) is 0 Å². The lowest BCUT2D eigenvalue weighted by Crippen LogP contribution is -2.37. The maximum atomic E-state index is 5.96. The molecule has 1 aliphatic heterocycles. The first kappa shape index (κ1) is 13.1. The van der Waals surface area contributed by atoms with E-state index in [4.69, 9.17) is 4.74 Å². The maximum Gasteiger partial charge on any atom is 0.0952 e. The molecule has 1 aliphatic carbocycles. The van der Waals surface area contributed by atoms with E-state index in [9.17, 15) is 0 Å². The Morgan fingerprint density at radius 1 is 1.26 bits per heavy atom. The Morgan fingerprint density at radius 3 is 3.05 bits per heavy atom. The summed E-state index contributed by atoms with van der Waals surface area (Å²) in [6, 6.07) is 9.43. The van der Waals surface area contributed by atoms with Gasteiger partial charge in [-0.1, -0.05) is 44.0 Å². The molecule has 0 radical (unpaired) electrons. The second-order valence-corrected chi connectivity index (χ2v) is 6.19. The van der Waals surface area contributed by atoms with E-state index < -0.39 is 0 Å². The molecule has 1 fully saturated rings. The van der Waals surface area contributed by atoms with Gasteiger partial charge in [-0.15, -0.1) is 0 Å². The molecule has 2 heteroatoms. The lowest BCUT2D eigenvalue weighted by atomic mass is 9.87. The third kappa shape index (κ3) is 3.18. The molecule has 0 spiro atoms. The quantitative estimate of drug-likeness (QED) is 0.897. The molecule has 0 amide bonds. The first-order valence-corrected chi connectivity index (χ1v) is 7.75. The molecule has 1 aromatic rings. The Labute approximate surface area is 116 Å². The van der Waals surface area contributed by atoms with E-state index in [0.717, 1.165) is 25.5 Å². The van der Waals surface area contributed by atoms with E-state index in [0.29, 0.717) is 6.04 Å². The molecule has 0 saturated heterocycles. The zero-order chi connectivity index (χ0) is 13.1. The smallest absolute Gasteiger partial charge is 0.0952 e. The Balaban J connectivity index is 1.59. The monoisotopic (exact) mass is 259 g/mol. The van der Waals surface area contributed by atoms with E-state index >= 15 is 0 Å². The molecule has 19 heavy (non-hydrogen) atoms. The molecule has 104 valence electrons. The van der Waals surface area contributed by atoms with E-state index in [1.807, 2.05) is 0 Å². The molecule has 3 atom stereocenters. The van der Waals surface area contributed by atoms with Crippen molar-refractivity contribution in [3.63, 3.8) is 0 Å². The summed E-state index contributed by atoms with van der Waals surface area (Å²) < 4.78 is 5.96. The summed E-state index contributed by atoms with van der Waals surface area (Å²) in [6.45, 7) is 4.21. The van der Waals surface area contributed by atoms with Crippen LogP contribution in [0.3, 0.4) is 0 Å². The van der Waals surface area contributed by atoms with Gasteiger partial charge in [-0.3, -0.25) is 0 Å². The topological polar surface area (TPSA) is 21.3 Å². The Bertz CT molecular complexity index is 417. The third-order valence-electron chi connectivity index (χ3n) is 4.62. The number of nitrogens with one attached hydrogen (secondary N) is 1. The Kier molecular flexibility index (Phi) is 4.19. The van der Waals surface area contributed by atoms with E-state index in [1.54, 1.807) is 0 Å². The van der Waals surface area contributed by atoms with Gasteiger partial charge in [0.2, 0.25) is 0 Å². The molecular formula is C17H25NO. The second-order valence-electron chi connectivity index (χ2n) is 6.19. The van der Waals surface area contributed by atoms with Crippen molar-refractivity contribution < 1.29 is 4.74 Å². The molecule has 1 saturated carbocycles. The van der Waals surface area contributed by atoms with Gasteiger partial charge in [0.25, 0.3) is 0 Å². The Morgan fingerprint density at radius 2 is 2.16 bits per heavy atom. The van der Waals surface area contributed by atoms with Crippen molar-refractivity contribution in [3.05, 3.63) is 35.4 Å². The lowest BCUT2D eigenvalue weighted by Gasteiger charge is -2.31. The van der Waals surface area contributed by atoms with Gasteiger partial charge in [0.05, 0.1) is 12.7 Å². The molecule has 1 heterocycles. The van der Waals surface area contributed by atoms with Crippen LogP contribution >= 0.6 is 0 Å². The zero-order valence-electron chi connectivity index (χ0n) is 11.9. The summed E-state index contributed by atoms with van der Waals surface area (Å²) in [7, 11) is 0. The molecule has 2 aliphatic rings. The first-order chi connectivity index (χ1) is 9.33. The molecule has 1 N–H and O–H groups in total. The van der Waals surface area contributed by atoms with Crippen molar-refractivity contribution in [2.45, 2.75) is 51.2 Å². The van der Waals surface area contributed by atoms with Gasteiger partial charge < -0.3 is 10.1 Å². The number of benzene rings is 1. The van der Waals surface area contributed by atoms with Crippen molar-refractivity contribution in [1.29, 1.82) is 0 Å². The van der Waals surface area contributed by atoms with Crippen molar-refractivity contribution in [3.8, 4) is 0 Å². The van der Waals surface area contributed by atoms with Crippen LogP contribution in [0.2, 0.25) is 0 Å². The minimum absolute atomic E-state index is 0.252. The van der Waals surface area contributed by atoms with Crippen LogP contribution < -0.4 is 5.32 Å². The summed E-state index contributed by atoms with van der Waals surface area (Å²) in [4.78, 5) is 0.